The number of rotatable bonds is 5. The Morgan fingerprint density at radius 3 is 2.77 bits per heavy atom. The van der Waals surface area contributed by atoms with Gasteiger partial charge in [-0.2, -0.15) is 0 Å². The Morgan fingerprint density at radius 2 is 2.08 bits per heavy atom. The molecule has 8 heteroatoms. The zero-order chi connectivity index (χ0) is 18.7. The van der Waals surface area contributed by atoms with Gasteiger partial charge in [0.2, 0.25) is 11.8 Å². The van der Waals surface area contributed by atoms with Gasteiger partial charge in [-0.3, -0.25) is 9.59 Å². The number of hydrogen-bond acceptors (Lipinski definition) is 6. The van der Waals surface area contributed by atoms with Gasteiger partial charge in [0.15, 0.2) is 10.8 Å². The number of nitrogens with zero attached hydrogens (tertiary/aromatic N) is 2. The summed E-state index contributed by atoms with van der Waals surface area (Å²) in [5.74, 6) is -1.28. The maximum atomic E-state index is 12.5. The largest absolute Gasteiger partial charge is 0.464 e. The highest BCUT2D eigenvalue weighted by Crippen LogP contribution is 2.25. The molecule has 2 amide bonds. The van der Waals surface area contributed by atoms with Gasteiger partial charge in [0, 0.05) is 24.4 Å². The predicted molar refractivity (Wildman–Crippen MR) is 96.8 cm³/mol. The maximum Gasteiger partial charge on any atom is 0.357 e. The van der Waals surface area contributed by atoms with E-state index in [2.05, 4.69) is 15.0 Å². The number of aromatic nitrogens is 1. The number of carbonyl (C=O) groups is 3. The lowest BCUT2D eigenvalue weighted by atomic mass is 10.1. The van der Waals surface area contributed by atoms with Gasteiger partial charge in [-0.25, -0.2) is 9.78 Å². The Balaban J connectivity index is 1.62. The van der Waals surface area contributed by atoms with Crippen molar-refractivity contribution in [3.8, 4) is 0 Å². The van der Waals surface area contributed by atoms with Crippen molar-refractivity contribution in [2.45, 2.75) is 19.9 Å². The maximum absolute atomic E-state index is 12.5. The van der Waals surface area contributed by atoms with Crippen molar-refractivity contribution in [1.29, 1.82) is 0 Å². The van der Waals surface area contributed by atoms with Gasteiger partial charge in [0.05, 0.1) is 13.0 Å². The highest BCUT2D eigenvalue weighted by molar-refractivity contribution is 7.16. The molecule has 0 aliphatic carbocycles. The number of aryl methyl sites for hydroxylation is 1. The van der Waals surface area contributed by atoms with Crippen LogP contribution in [0.2, 0.25) is 0 Å². The summed E-state index contributed by atoms with van der Waals surface area (Å²) >= 11 is 1.21. The average molecular weight is 373 g/mol. The smallest absolute Gasteiger partial charge is 0.357 e. The van der Waals surface area contributed by atoms with Crippen LogP contribution in [0.25, 0.3) is 0 Å². The summed E-state index contributed by atoms with van der Waals surface area (Å²) in [6.07, 6.45) is 0.173. The van der Waals surface area contributed by atoms with Crippen LogP contribution in [0.4, 0.5) is 5.13 Å². The van der Waals surface area contributed by atoms with Crippen molar-refractivity contribution in [3.63, 3.8) is 0 Å². The van der Waals surface area contributed by atoms with E-state index in [4.69, 9.17) is 0 Å². The highest BCUT2D eigenvalue weighted by atomic mass is 32.1. The molecule has 7 nitrogen and oxygen atoms in total. The normalized spacial score (nSPS) is 16.6. The molecule has 1 aliphatic heterocycles. The van der Waals surface area contributed by atoms with Gasteiger partial charge < -0.3 is 15.0 Å². The summed E-state index contributed by atoms with van der Waals surface area (Å²) < 4.78 is 4.66. The summed E-state index contributed by atoms with van der Waals surface area (Å²) in [6, 6.07) is 9.67. The number of ether oxygens (including phenoxy) is 1. The molecule has 3 rings (SSSR count). The van der Waals surface area contributed by atoms with Crippen LogP contribution < -0.4 is 5.32 Å². The lowest BCUT2D eigenvalue weighted by Gasteiger charge is -2.16. The van der Waals surface area contributed by atoms with Crippen LogP contribution in [0.5, 0.6) is 0 Å². The summed E-state index contributed by atoms with van der Waals surface area (Å²) in [4.78, 5) is 42.8. The number of thiazole rings is 1. The van der Waals surface area contributed by atoms with Gasteiger partial charge in [0.1, 0.15) is 0 Å². The number of anilines is 1. The number of benzene rings is 1. The van der Waals surface area contributed by atoms with Crippen molar-refractivity contribution >= 4 is 34.3 Å². The van der Waals surface area contributed by atoms with Crippen molar-refractivity contribution in [2.75, 3.05) is 19.0 Å². The Labute approximate surface area is 155 Å². The lowest BCUT2D eigenvalue weighted by Crippen LogP contribution is -2.28. The van der Waals surface area contributed by atoms with E-state index >= 15 is 0 Å². The second-order valence-corrected chi connectivity index (χ2v) is 7.27. The fourth-order valence-electron chi connectivity index (χ4n) is 2.85. The molecule has 136 valence electrons. The van der Waals surface area contributed by atoms with E-state index in [1.54, 1.807) is 11.8 Å². The average Bonchev–Trinajstić information content (AvgIpc) is 3.18. The van der Waals surface area contributed by atoms with Crippen molar-refractivity contribution in [1.82, 2.24) is 9.88 Å². The minimum Gasteiger partial charge on any atom is -0.464 e. The minimum absolute atomic E-state index is 0.0421. The number of hydrogen-bond donors (Lipinski definition) is 1. The molecule has 1 atom stereocenters. The summed E-state index contributed by atoms with van der Waals surface area (Å²) in [5, 5.41) is 3.05. The third-order valence-corrected chi connectivity index (χ3v) is 5.09. The van der Waals surface area contributed by atoms with E-state index in [1.807, 2.05) is 30.3 Å². The first-order valence-corrected chi connectivity index (χ1v) is 8.98. The van der Waals surface area contributed by atoms with Crippen LogP contribution in [0, 0.1) is 12.8 Å². The molecular weight excluding hydrogens is 354 g/mol. The Morgan fingerprint density at radius 1 is 1.35 bits per heavy atom. The number of methoxy groups -OCH3 is 1. The SMILES string of the molecule is COC(=O)c1nc(NC(=O)C2CC(=O)N(Cc3ccccc3)C2)sc1C. The van der Waals surface area contributed by atoms with Crippen LogP contribution in [-0.2, 0) is 20.9 Å². The van der Waals surface area contributed by atoms with Gasteiger partial charge in [0.25, 0.3) is 0 Å². The van der Waals surface area contributed by atoms with E-state index in [1.165, 1.54) is 18.4 Å². The number of likely N-dealkylation sites (tertiary alicyclic amines) is 1. The second-order valence-electron chi connectivity index (χ2n) is 6.07. The molecule has 0 saturated carbocycles. The van der Waals surface area contributed by atoms with Crippen LogP contribution >= 0.6 is 11.3 Å². The first kappa shape index (κ1) is 18.1. The molecule has 1 aromatic heterocycles. The fourth-order valence-corrected chi connectivity index (χ4v) is 3.65. The van der Waals surface area contributed by atoms with Gasteiger partial charge in [-0.1, -0.05) is 30.3 Å². The van der Waals surface area contributed by atoms with Crippen molar-refractivity contribution in [3.05, 3.63) is 46.5 Å². The third-order valence-electron chi connectivity index (χ3n) is 4.21. The number of nitrogens with one attached hydrogen (secondary N) is 1. The standard InChI is InChI=1S/C18H19N3O4S/c1-11-15(17(24)25-2)19-18(26-11)20-16(23)13-8-14(22)21(10-13)9-12-6-4-3-5-7-12/h3-7,13H,8-10H2,1-2H3,(H,19,20,23). The van der Waals surface area contributed by atoms with E-state index in [9.17, 15) is 14.4 Å². The molecule has 1 fully saturated rings. The number of esters is 1. The van der Waals surface area contributed by atoms with Crippen LogP contribution in [-0.4, -0.2) is 41.3 Å². The first-order valence-electron chi connectivity index (χ1n) is 8.16. The monoisotopic (exact) mass is 373 g/mol. The van der Waals surface area contributed by atoms with E-state index in [0.29, 0.717) is 23.1 Å². The highest BCUT2D eigenvalue weighted by Gasteiger charge is 2.34. The Kier molecular flexibility index (Phi) is 5.32. The lowest BCUT2D eigenvalue weighted by molar-refractivity contribution is -0.128. The van der Waals surface area contributed by atoms with E-state index < -0.39 is 11.9 Å². The number of carbonyl (C=O) groups excluding carboxylic acids is 3. The molecule has 26 heavy (non-hydrogen) atoms. The minimum atomic E-state index is -0.538. The first-order chi connectivity index (χ1) is 12.5. The molecular formula is C18H19N3O4S. The topological polar surface area (TPSA) is 88.6 Å². The molecule has 1 unspecified atom stereocenters. The summed E-state index contributed by atoms with van der Waals surface area (Å²) in [5.41, 5.74) is 1.22. The molecule has 2 aromatic rings. The van der Waals surface area contributed by atoms with E-state index in [0.717, 1.165) is 5.56 Å². The summed E-state index contributed by atoms with van der Waals surface area (Å²) in [7, 11) is 1.28. The molecule has 1 saturated heterocycles. The van der Waals surface area contributed by atoms with Gasteiger partial charge in [-0.05, 0) is 12.5 Å². The van der Waals surface area contributed by atoms with Gasteiger partial charge in [-0.15, -0.1) is 11.3 Å². The van der Waals surface area contributed by atoms with Crippen LogP contribution in [0.1, 0.15) is 27.3 Å². The second kappa shape index (κ2) is 7.65. The third kappa shape index (κ3) is 3.91. The zero-order valence-electron chi connectivity index (χ0n) is 14.5. The molecule has 1 aliphatic rings. The molecule has 1 aromatic carbocycles. The van der Waals surface area contributed by atoms with Crippen LogP contribution in [0.15, 0.2) is 30.3 Å². The Hall–Kier alpha value is -2.74. The zero-order valence-corrected chi connectivity index (χ0v) is 15.3. The molecule has 0 bridgehead atoms. The molecule has 0 spiro atoms. The van der Waals surface area contributed by atoms with Gasteiger partial charge >= 0.3 is 5.97 Å². The quantitative estimate of drug-likeness (QED) is 0.812. The Bertz CT molecular complexity index is 834. The predicted octanol–water partition coefficient (Wildman–Crippen LogP) is 2.23. The molecule has 1 N–H and O–H groups in total. The van der Waals surface area contributed by atoms with Crippen molar-refractivity contribution < 1.29 is 19.1 Å². The molecule has 2 heterocycles. The van der Waals surface area contributed by atoms with Crippen molar-refractivity contribution in [2.24, 2.45) is 5.92 Å². The van der Waals surface area contributed by atoms with E-state index in [-0.39, 0.29) is 23.9 Å². The molecule has 0 radical (unpaired) electrons. The summed E-state index contributed by atoms with van der Waals surface area (Å²) in [6.45, 7) is 2.60. The fraction of sp³-hybridized carbons (Fsp3) is 0.333. The van der Waals surface area contributed by atoms with Crippen LogP contribution in [0.3, 0.4) is 0 Å². The number of amides is 2.